The summed E-state index contributed by atoms with van der Waals surface area (Å²) in [6, 6.07) is 17.8. The molecule has 2 heterocycles. The average Bonchev–Trinajstić information content (AvgIpc) is 3.05. The van der Waals surface area contributed by atoms with Gasteiger partial charge in [-0.25, -0.2) is 4.79 Å². The Kier molecular flexibility index (Phi) is 5.45. The molecule has 2 aromatic rings. The summed E-state index contributed by atoms with van der Waals surface area (Å²) in [4.78, 5) is 42.1. The summed E-state index contributed by atoms with van der Waals surface area (Å²) >= 11 is 0. The third-order valence-corrected chi connectivity index (χ3v) is 7.28. The van der Waals surface area contributed by atoms with Gasteiger partial charge in [-0.2, -0.15) is 0 Å². The molecule has 1 unspecified atom stereocenters. The zero-order valence-corrected chi connectivity index (χ0v) is 18.3. The maximum absolute atomic E-state index is 13.4. The van der Waals surface area contributed by atoms with Crippen LogP contribution in [-0.2, 0) is 28.0 Å². The first-order chi connectivity index (χ1) is 15.6. The highest BCUT2D eigenvalue weighted by Gasteiger charge is 2.54. The van der Waals surface area contributed by atoms with Gasteiger partial charge < -0.3 is 10.2 Å². The van der Waals surface area contributed by atoms with Crippen LogP contribution < -0.4 is 5.32 Å². The molecule has 2 aliphatic heterocycles. The van der Waals surface area contributed by atoms with E-state index < -0.39 is 11.6 Å². The van der Waals surface area contributed by atoms with Crippen molar-refractivity contribution in [1.82, 2.24) is 15.1 Å². The molecule has 4 amide bonds. The van der Waals surface area contributed by atoms with Gasteiger partial charge in [0.2, 0.25) is 5.91 Å². The highest BCUT2D eigenvalue weighted by atomic mass is 16.2. The highest BCUT2D eigenvalue weighted by Crippen LogP contribution is 2.39. The number of fused-ring (bicyclic) bond motifs is 2. The van der Waals surface area contributed by atoms with Gasteiger partial charge in [0.05, 0.1) is 0 Å². The molecule has 1 spiro atoms. The minimum absolute atomic E-state index is 0.146. The second kappa shape index (κ2) is 8.41. The first-order valence-electron chi connectivity index (χ1n) is 11.6. The van der Waals surface area contributed by atoms with Crippen LogP contribution in [0.25, 0.3) is 0 Å². The lowest BCUT2D eigenvalue weighted by Crippen LogP contribution is -2.48. The number of urea groups is 1. The van der Waals surface area contributed by atoms with Crippen LogP contribution in [0, 0.1) is 5.92 Å². The van der Waals surface area contributed by atoms with E-state index in [1.54, 1.807) is 0 Å². The van der Waals surface area contributed by atoms with Crippen molar-refractivity contribution in [3.05, 3.63) is 71.3 Å². The van der Waals surface area contributed by atoms with Crippen LogP contribution in [0.4, 0.5) is 4.79 Å². The maximum Gasteiger partial charge on any atom is 0.325 e. The fraction of sp³-hybridized carbons (Fsp3) is 0.423. The predicted octanol–water partition coefficient (Wildman–Crippen LogP) is 3.25. The van der Waals surface area contributed by atoms with Crippen molar-refractivity contribution in [1.29, 1.82) is 0 Å². The van der Waals surface area contributed by atoms with E-state index in [0.29, 0.717) is 25.4 Å². The van der Waals surface area contributed by atoms with Crippen LogP contribution in [0.2, 0.25) is 0 Å². The van der Waals surface area contributed by atoms with Gasteiger partial charge in [-0.15, -0.1) is 0 Å². The topological polar surface area (TPSA) is 69.7 Å². The van der Waals surface area contributed by atoms with Crippen molar-refractivity contribution in [2.24, 2.45) is 5.92 Å². The number of likely N-dealkylation sites (tertiary alicyclic amines) is 1. The third-order valence-electron chi connectivity index (χ3n) is 7.28. The van der Waals surface area contributed by atoms with Gasteiger partial charge in [0.25, 0.3) is 5.91 Å². The zero-order valence-electron chi connectivity index (χ0n) is 18.3. The maximum atomic E-state index is 13.4. The molecule has 5 rings (SSSR count). The number of aryl methyl sites for hydroxylation is 1. The Morgan fingerprint density at radius 2 is 1.72 bits per heavy atom. The van der Waals surface area contributed by atoms with Gasteiger partial charge in [0.15, 0.2) is 0 Å². The molecule has 2 aromatic carbocycles. The van der Waals surface area contributed by atoms with Crippen LogP contribution in [0.3, 0.4) is 0 Å². The molecule has 3 aliphatic rings. The Bertz CT molecular complexity index is 1030. The molecule has 0 saturated carbocycles. The van der Waals surface area contributed by atoms with E-state index in [1.807, 2.05) is 35.2 Å². The number of nitrogens with one attached hydrogen (secondary N) is 1. The van der Waals surface area contributed by atoms with E-state index in [-0.39, 0.29) is 18.4 Å². The summed E-state index contributed by atoms with van der Waals surface area (Å²) in [6.45, 7) is 1.17. The number of rotatable bonds is 4. The van der Waals surface area contributed by atoms with Gasteiger partial charge in [0.1, 0.15) is 12.1 Å². The summed E-state index contributed by atoms with van der Waals surface area (Å²) in [5.41, 5.74) is 2.28. The van der Waals surface area contributed by atoms with Gasteiger partial charge in [-0.05, 0) is 61.1 Å². The standard InChI is InChI=1S/C26H29N3O3/c30-23(28-15-12-20(13-16-28)17-19-7-2-1-3-8-19)18-29-24(31)26(27-25(29)32)14-6-10-21-9-4-5-11-22(21)26/h1-5,7-9,11,20H,6,10,12-18H2,(H,27,32). The van der Waals surface area contributed by atoms with E-state index in [0.717, 1.165) is 48.1 Å². The number of piperidine rings is 1. The van der Waals surface area contributed by atoms with Crippen molar-refractivity contribution < 1.29 is 14.4 Å². The second-order valence-electron chi connectivity index (χ2n) is 9.25. The number of hydrogen-bond donors (Lipinski definition) is 1. The predicted molar refractivity (Wildman–Crippen MR) is 121 cm³/mol. The largest absolute Gasteiger partial charge is 0.341 e. The summed E-state index contributed by atoms with van der Waals surface area (Å²) in [5, 5.41) is 2.93. The van der Waals surface area contributed by atoms with Crippen LogP contribution >= 0.6 is 0 Å². The van der Waals surface area contributed by atoms with Crippen LogP contribution in [-0.4, -0.2) is 47.3 Å². The molecule has 2 fully saturated rings. The van der Waals surface area contributed by atoms with E-state index in [1.165, 1.54) is 5.56 Å². The molecule has 6 heteroatoms. The van der Waals surface area contributed by atoms with Gasteiger partial charge in [-0.1, -0.05) is 54.6 Å². The van der Waals surface area contributed by atoms with Crippen molar-refractivity contribution in [2.45, 2.75) is 44.1 Å². The van der Waals surface area contributed by atoms with Crippen LogP contribution in [0.15, 0.2) is 54.6 Å². The number of carbonyl (C=O) groups is 3. The molecule has 1 N–H and O–H groups in total. The van der Waals surface area contributed by atoms with Crippen molar-refractivity contribution >= 4 is 17.8 Å². The lowest BCUT2D eigenvalue weighted by Gasteiger charge is -2.34. The minimum atomic E-state index is -1.02. The fourth-order valence-corrected chi connectivity index (χ4v) is 5.52. The molecule has 0 aromatic heterocycles. The Morgan fingerprint density at radius 1 is 1.00 bits per heavy atom. The molecule has 6 nitrogen and oxygen atoms in total. The Morgan fingerprint density at radius 3 is 2.50 bits per heavy atom. The molecule has 0 bridgehead atoms. The SMILES string of the molecule is O=C(CN1C(=O)NC2(CCCc3ccccc32)C1=O)N1CCC(Cc2ccccc2)CC1. The second-order valence-corrected chi connectivity index (χ2v) is 9.25. The van der Waals surface area contributed by atoms with E-state index >= 15 is 0 Å². The number of nitrogens with zero attached hydrogens (tertiary/aromatic N) is 2. The summed E-state index contributed by atoms with van der Waals surface area (Å²) in [5.74, 6) is 0.120. The normalized spacial score (nSPS) is 23.4. The smallest absolute Gasteiger partial charge is 0.325 e. The Labute approximate surface area is 188 Å². The summed E-state index contributed by atoms with van der Waals surface area (Å²) in [6.07, 6.45) is 5.22. The molecule has 1 atom stereocenters. The fourth-order valence-electron chi connectivity index (χ4n) is 5.52. The quantitative estimate of drug-likeness (QED) is 0.756. The van der Waals surface area contributed by atoms with Crippen molar-refractivity contribution in [2.75, 3.05) is 19.6 Å². The van der Waals surface area contributed by atoms with E-state index in [4.69, 9.17) is 0 Å². The summed E-state index contributed by atoms with van der Waals surface area (Å²) < 4.78 is 0. The number of hydrogen-bond acceptors (Lipinski definition) is 3. The number of carbonyl (C=O) groups excluding carboxylic acids is 3. The van der Waals surface area contributed by atoms with E-state index in [2.05, 4.69) is 29.6 Å². The van der Waals surface area contributed by atoms with Crippen molar-refractivity contribution in [3.8, 4) is 0 Å². The third kappa shape index (κ3) is 3.68. The summed E-state index contributed by atoms with van der Waals surface area (Å²) in [7, 11) is 0. The lowest BCUT2D eigenvalue weighted by atomic mass is 9.76. The monoisotopic (exact) mass is 431 g/mol. The average molecular weight is 432 g/mol. The number of imide groups is 1. The number of benzene rings is 2. The van der Waals surface area contributed by atoms with Gasteiger partial charge in [-0.3, -0.25) is 14.5 Å². The lowest BCUT2D eigenvalue weighted by molar-refractivity contribution is -0.140. The molecular weight excluding hydrogens is 402 g/mol. The first kappa shape index (κ1) is 20.7. The molecular formula is C26H29N3O3. The molecule has 166 valence electrons. The number of amides is 4. The highest BCUT2D eigenvalue weighted by molar-refractivity contribution is 6.09. The zero-order chi connectivity index (χ0) is 22.1. The minimum Gasteiger partial charge on any atom is -0.341 e. The Hall–Kier alpha value is -3.15. The molecule has 1 aliphatic carbocycles. The Balaban J connectivity index is 1.22. The van der Waals surface area contributed by atoms with Crippen LogP contribution in [0.5, 0.6) is 0 Å². The molecule has 2 saturated heterocycles. The first-order valence-corrected chi connectivity index (χ1v) is 11.6. The van der Waals surface area contributed by atoms with Crippen molar-refractivity contribution in [3.63, 3.8) is 0 Å². The molecule has 32 heavy (non-hydrogen) atoms. The molecule has 0 radical (unpaired) electrons. The van der Waals surface area contributed by atoms with Crippen LogP contribution in [0.1, 0.15) is 42.4 Å². The van der Waals surface area contributed by atoms with Gasteiger partial charge in [0, 0.05) is 13.1 Å². The van der Waals surface area contributed by atoms with Gasteiger partial charge >= 0.3 is 6.03 Å². The van der Waals surface area contributed by atoms with E-state index in [9.17, 15) is 14.4 Å².